The van der Waals surface area contributed by atoms with Crippen LogP contribution in [0.25, 0.3) is 0 Å². The van der Waals surface area contributed by atoms with Gasteiger partial charge in [-0.3, -0.25) is 16.0 Å². The highest BCUT2D eigenvalue weighted by Crippen LogP contribution is 2.24. The van der Waals surface area contributed by atoms with E-state index in [9.17, 15) is 0 Å². The molecule has 0 bridgehead atoms. The van der Waals surface area contributed by atoms with Gasteiger partial charge >= 0.3 is 0 Å². The molecule has 0 fully saturated rings. The second-order valence-corrected chi connectivity index (χ2v) is 5.47. The highest BCUT2D eigenvalue weighted by atomic mass is 32.1. The molecule has 0 amide bonds. The SMILES string of the molecule is CCc1cc(CC(NN)c2cscc2C)n(CC)n1. The Labute approximate surface area is 118 Å². The molecule has 0 aliphatic heterocycles. The number of nitrogens with one attached hydrogen (secondary N) is 1. The standard InChI is InChI=1S/C14H22N4S/c1-4-11-6-12(18(5-2)17-11)7-14(16-15)13-9-19-8-10(13)3/h6,8-9,14,16H,4-5,7,15H2,1-3H3. The molecule has 2 rings (SSSR count). The molecule has 0 radical (unpaired) electrons. The van der Waals surface area contributed by atoms with Crippen LogP contribution in [0.15, 0.2) is 16.8 Å². The van der Waals surface area contributed by atoms with Gasteiger partial charge in [0.25, 0.3) is 0 Å². The Bertz CT molecular complexity index is 529. The number of rotatable bonds is 6. The molecule has 0 spiro atoms. The van der Waals surface area contributed by atoms with Crippen LogP contribution in [0.5, 0.6) is 0 Å². The number of nitrogens with zero attached hydrogens (tertiary/aromatic N) is 2. The molecule has 2 aromatic heterocycles. The van der Waals surface area contributed by atoms with E-state index in [1.54, 1.807) is 11.3 Å². The average Bonchev–Trinajstić information content (AvgIpc) is 3.01. The molecule has 2 heterocycles. The van der Waals surface area contributed by atoms with Gasteiger partial charge in [-0.25, -0.2) is 0 Å². The van der Waals surface area contributed by atoms with Crippen molar-refractivity contribution in [2.45, 2.75) is 46.2 Å². The summed E-state index contributed by atoms with van der Waals surface area (Å²) >= 11 is 1.72. The lowest BCUT2D eigenvalue weighted by atomic mass is 10.0. The summed E-state index contributed by atoms with van der Waals surface area (Å²) in [6.07, 6.45) is 1.84. The van der Waals surface area contributed by atoms with E-state index in [0.29, 0.717) is 0 Å². The summed E-state index contributed by atoms with van der Waals surface area (Å²) in [4.78, 5) is 0. The van der Waals surface area contributed by atoms with E-state index in [-0.39, 0.29) is 6.04 Å². The van der Waals surface area contributed by atoms with Crippen molar-refractivity contribution in [1.29, 1.82) is 0 Å². The maximum absolute atomic E-state index is 5.74. The van der Waals surface area contributed by atoms with E-state index in [0.717, 1.165) is 25.1 Å². The van der Waals surface area contributed by atoms with Crippen molar-refractivity contribution in [2.24, 2.45) is 5.84 Å². The summed E-state index contributed by atoms with van der Waals surface area (Å²) in [7, 11) is 0. The fourth-order valence-corrected chi connectivity index (χ4v) is 3.23. The van der Waals surface area contributed by atoms with Crippen LogP contribution >= 0.6 is 11.3 Å². The Morgan fingerprint density at radius 1 is 1.42 bits per heavy atom. The fraction of sp³-hybridized carbons (Fsp3) is 0.500. The largest absolute Gasteiger partial charge is 0.271 e. The number of nitrogens with two attached hydrogens (primary N) is 1. The molecule has 0 aliphatic carbocycles. The smallest absolute Gasteiger partial charge is 0.0624 e. The van der Waals surface area contributed by atoms with Crippen molar-refractivity contribution in [3.63, 3.8) is 0 Å². The number of thiophene rings is 1. The van der Waals surface area contributed by atoms with E-state index in [4.69, 9.17) is 5.84 Å². The van der Waals surface area contributed by atoms with Gasteiger partial charge in [0.1, 0.15) is 0 Å². The van der Waals surface area contributed by atoms with Gasteiger partial charge < -0.3 is 0 Å². The molecule has 3 N–H and O–H groups in total. The average molecular weight is 278 g/mol. The number of aryl methyl sites for hydroxylation is 3. The quantitative estimate of drug-likeness (QED) is 0.631. The minimum Gasteiger partial charge on any atom is -0.271 e. The number of hydrogen-bond donors (Lipinski definition) is 2. The minimum absolute atomic E-state index is 0.151. The summed E-state index contributed by atoms with van der Waals surface area (Å²) in [5.41, 5.74) is 7.91. The number of aromatic nitrogens is 2. The van der Waals surface area contributed by atoms with E-state index in [1.165, 1.54) is 16.8 Å². The van der Waals surface area contributed by atoms with Crippen molar-refractivity contribution in [3.8, 4) is 0 Å². The van der Waals surface area contributed by atoms with Gasteiger partial charge in [0.15, 0.2) is 0 Å². The zero-order valence-corrected chi connectivity index (χ0v) is 12.6. The number of hydrogen-bond acceptors (Lipinski definition) is 4. The van der Waals surface area contributed by atoms with Gasteiger partial charge in [-0.05, 0) is 48.2 Å². The number of hydrazine groups is 1. The lowest BCUT2D eigenvalue weighted by Gasteiger charge is -2.16. The summed E-state index contributed by atoms with van der Waals surface area (Å²) in [6, 6.07) is 2.34. The zero-order chi connectivity index (χ0) is 13.8. The third-order valence-corrected chi connectivity index (χ3v) is 4.34. The second kappa shape index (κ2) is 6.32. The van der Waals surface area contributed by atoms with Gasteiger partial charge in [0.2, 0.25) is 0 Å². The molecule has 0 saturated heterocycles. The van der Waals surface area contributed by atoms with Crippen LogP contribution in [-0.4, -0.2) is 9.78 Å². The molecular weight excluding hydrogens is 256 g/mol. The van der Waals surface area contributed by atoms with Crippen molar-refractivity contribution in [2.75, 3.05) is 0 Å². The zero-order valence-electron chi connectivity index (χ0n) is 11.8. The van der Waals surface area contributed by atoms with Gasteiger partial charge in [-0.15, -0.1) is 0 Å². The summed E-state index contributed by atoms with van der Waals surface area (Å²) < 4.78 is 2.07. The van der Waals surface area contributed by atoms with E-state index in [2.05, 4.69) is 52.8 Å². The summed E-state index contributed by atoms with van der Waals surface area (Å²) in [5.74, 6) is 5.74. The predicted octanol–water partition coefficient (Wildman–Crippen LogP) is 2.58. The maximum Gasteiger partial charge on any atom is 0.0624 e. The topological polar surface area (TPSA) is 55.9 Å². The molecule has 19 heavy (non-hydrogen) atoms. The monoisotopic (exact) mass is 278 g/mol. The van der Waals surface area contributed by atoms with Gasteiger partial charge in [0.05, 0.1) is 11.7 Å². The molecule has 4 nitrogen and oxygen atoms in total. The fourth-order valence-electron chi connectivity index (χ4n) is 2.32. The molecule has 104 valence electrons. The van der Waals surface area contributed by atoms with Crippen LogP contribution in [0.2, 0.25) is 0 Å². The molecule has 1 unspecified atom stereocenters. The third-order valence-electron chi connectivity index (χ3n) is 3.46. The molecule has 0 aliphatic rings. The first kappa shape index (κ1) is 14.2. The van der Waals surface area contributed by atoms with Gasteiger partial charge in [-0.2, -0.15) is 16.4 Å². The van der Waals surface area contributed by atoms with Gasteiger partial charge in [0, 0.05) is 18.7 Å². The first-order valence-corrected chi connectivity index (χ1v) is 7.68. The molecule has 0 aromatic carbocycles. The minimum atomic E-state index is 0.151. The van der Waals surface area contributed by atoms with Crippen molar-refractivity contribution >= 4 is 11.3 Å². The maximum atomic E-state index is 5.74. The normalized spacial score (nSPS) is 12.8. The Balaban J connectivity index is 2.23. The van der Waals surface area contributed by atoms with E-state index >= 15 is 0 Å². The van der Waals surface area contributed by atoms with Crippen LogP contribution < -0.4 is 11.3 Å². The van der Waals surface area contributed by atoms with Crippen LogP contribution in [0.1, 0.15) is 42.4 Å². The molecule has 5 heteroatoms. The van der Waals surface area contributed by atoms with E-state index < -0.39 is 0 Å². The van der Waals surface area contributed by atoms with Crippen molar-refractivity contribution in [1.82, 2.24) is 15.2 Å². The summed E-state index contributed by atoms with van der Waals surface area (Å²) in [5, 5.41) is 8.92. The lowest BCUT2D eigenvalue weighted by Crippen LogP contribution is -2.30. The Kier molecular flexibility index (Phi) is 4.74. The molecular formula is C14H22N4S. The molecule has 1 atom stereocenters. The Hall–Kier alpha value is -1.17. The predicted molar refractivity (Wildman–Crippen MR) is 80.1 cm³/mol. The highest BCUT2D eigenvalue weighted by Gasteiger charge is 2.16. The molecule has 0 saturated carbocycles. The third kappa shape index (κ3) is 3.05. The second-order valence-electron chi connectivity index (χ2n) is 4.73. The van der Waals surface area contributed by atoms with Crippen molar-refractivity contribution in [3.05, 3.63) is 39.3 Å². The Morgan fingerprint density at radius 3 is 2.74 bits per heavy atom. The van der Waals surface area contributed by atoms with Crippen LogP contribution in [0.4, 0.5) is 0 Å². The first-order chi connectivity index (χ1) is 9.19. The highest BCUT2D eigenvalue weighted by molar-refractivity contribution is 7.08. The van der Waals surface area contributed by atoms with E-state index in [1.807, 2.05) is 0 Å². The van der Waals surface area contributed by atoms with Crippen molar-refractivity contribution < 1.29 is 0 Å². The first-order valence-electron chi connectivity index (χ1n) is 6.74. The van der Waals surface area contributed by atoms with Gasteiger partial charge in [-0.1, -0.05) is 6.92 Å². The van der Waals surface area contributed by atoms with Crippen LogP contribution in [0, 0.1) is 6.92 Å². The van der Waals surface area contributed by atoms with Crippen LogP contribution in [-0.2, 0) is 19.4 Å². The Morgan fingerprint density at radius 2 is 2.21 bits per heavy atom. The molecule has 2 aromatic rings. The lowest BCUT2D eigenvalue weighted by molar-refractivity contribution is 0.516. The summed E-state index contributed by atoms with van der Waals surface area (Å²) in [6.45, 7) is 7.28. The van der Waals surface area contributed by atoms with Crippen LogP contribution in [0.3, 0.4) is 0 Å².